The predicted molar refractivity (Wildman–Crippen MR) is 98.1 cm³/mol. The Kier molecular flexibility index (Phi) is 4.18. The molecule has 3 aromatic heterocycles. The van der Waals surface area contributed by atoms with Crippen LogP contribution in [0.15, 0.2) is 35.2 Å². The number of hydrogen-bond donors (Lipinski definition) is 1. The van der Waals surface area contributed by atoms with Crippen molar-refractivity contribution in [2.75, 3.05) is 13.1 Å². The van der Waals surface area contributed by atoms with Gasteiger partial charge >= 0.3 is 0 Å². The summed E-state index contributed by atoms with van der Waals surface area (Å²) >= 11 is 0. The fourth-order valence-electron chi connectivity index (χ4n) is 3.85. The number of rotatable bonds is 3. The molecule has 4 rings (SSSR count). The molecule has 8 heteroatoms. The third-order valence-corrected chi connectivity index (χ3v) is 4.88. The third kappa shape index (κ3) is 3.07. The number of likely N-dealkylation sites (tertiary alicyclic amines) is 1. The van der Waals surface area contributed by atoms with Gasteiger partial charge in [-0.2, -0.15) is 0 Å². The smallest absolute Gasteiger partial charge is 0.271 e. The quantitative estimate of drug-likeness (QED) is 0.764. The van der Waals surface area contributed by atoms with Crippen LogP contribution in [0.4, 0.5) is 0 Å². The van der Waals surface area contributed by atoms with Crippen LogP contribution in [-0.2, 0) is 0 Å². The Bertz CT molecular complexity index is 998. The van der Waals surface area contributed by atoms with Gasteiger partial charge in [0.25, 0.3) is 11.8 Å². The number of primary amides is 1. The van der Waals surface area contributed by atoms with Crippen LogP contribution >= 0.6 is 0 Å². The number of hydrogen-bond acceptors (Lipinski definition) is 5. The maximum Gasteiger partial charge on any atom is 0.271 e. The van der Waals surface area contributed by atoms with Crippen LogP contribution in [0, 0.1) is 11.8 Å². The number of aromatic nitrogens is 3. The van der Waals surface area contributed by atoms with Gasteiger partial charge in [-0.25, -0.2) is 9.97 Å². The summed E-state index contributed by atoms with van der Waals surface area (Å²) in [6.07, 6.45) is 4.05. The Labute approximate surface area is 156 Å². The van der Waals surface area contributed by atoms with Crippen molar-refractivity contribution < 1.29 is 14.0 Å². The van der Waals surface area contributed by atoms with E-state index in [4.69, 9.17) is 10.2 Å². The number of furan rings is 1. The molecule has 2 atom stereocenters. The average Bonchev–Trinajstić information content (AvgIpc) is 3.28. The minimum atomic E-state index is -0.694. The van der Waals surface area contributed by atoms with Crippen LogP contribution in [0.5, 0.6) is 0 Å². The summed E-state index contributed by atoms with van der Waals surface area (Å²) in [5.41, 5.74) is 6.54. The fourth-order valence-corrected chi connectivity index (χ4v) is 3.85. The summed E-state index contributed by atoms with van der Waals surface area (Å²) in [6, 6.07) is 5.16. The Morgan fingerprint density at radius 3 is 2.63 bits per heavy atom. The lowest BCUT2D eigenvalue weighted by molar-refractivity contribution is 0.0615. The molecule has 0 aromatic carbocycles. The highest BCUT2D eigenvalue weighted by Gasteiger charge is 2.29. The van der Waals surface area contributed by atoms with Crippen molar-refractivity contribution >= 4 is 17.5 Å². The lowest BCUT2D eigenvalue weighted by atomic mass is 9.91. The molecule has 0 bridgehead atoms. The van der Waals surface area contributed by atoms with E-state index in [1.54, 1.807) is 18.2 Å². The van der Waals surface area contributed by atoms with Crippen LogP contribution < -0.4 is 5.73 Å². The van der Waals surface area contributed by atoms with E-state index >= 15 is 0 Å². The van der Waals surface area contributed by atoms with Gasteiger partial charge in [-0.3, -0.25) is 14.0 Å². The molecular formula is C19H21N5O3. The molecule has 140 valence electrons. The predicted octanol–water partition coefficient (Wildman–Crippen LogP) is 2.21. The Hall–Kier alpha value is -3.16. The summed E-state index contributed by atoms with van der Waals surface area (Å²) in [5.74, 6) is 0.554. The zero-order chi connectivity index (χ0) is 19.1. The van der Waals surface area contributed by atoms with Gasteiger partial charge in [0, 0.05) is 13.1 Å². The van der Waals surface area contributed by atoms with Crippen LogP contribution in [0.1, 0.15) is 41.2 Å². The number of piperidine rings is 1. The molecule has 0 radical (unpaired) electrons. The summed E-state index contributed by atoms with van der Waals surface area (Å²) in [4.78, 5) is 35.4. The van der Waals surface area contributed by atoms with E-state index in [0.717, 1.165) is 6.42 Å². The van der Waals surface area contributed by atoms with E-state index in [1.165, 1.54) is 17.0 Å². The second-order valence-corrected chi connectivity index (χ2v) is 7.31. The molecule has 8 nitrogen and oxygen atoms in total. The zero-order valence-electron chi connectivity index (χ0n) is 15.3. The number of carbonyl (C=O) groups is 2. The highest BCUT2D eigenvalue weighted by molar-refractivity contribution is 5.99. The van der Waals surface area contributed by atoms with Crippen molar-refractivity contribution in [1.82, 2.24) is 19.3 Å². The van der Waals surface area contributed by atoms with Gasteiger partial charge in [0.15, 0.2) is 17.1 Å². The standard InChI is InChI=1S/C19H21N5O3/c1-11-6-12(2)9-23(8-11)19(26)14-7-13(15-4-3-5-27-15)22-18-16(17(20)25)21-10-24(14)18/h3-5,7,10-12H,6,8-9H2,1-2H3,(H2,20,25)/t11-,12+. The Morgan fingerprint density at radius 2 is 2.00 bits per heavy atom. The molecule has 0 aliphatic carbocycles. The molecule has 2 amide bonds. The van der Waals surface area contributed by atoms with Crippen molar-refractivity contribution in [3.63, 3.8) is 0 Å². The van der Waals surface area contributed by atoms with Gasteiger partial charge in [0.2, 0.25) is 0 Å². The average molecular weight is 367 g/mol. The molecule has 2 N–H and O–H groups in total. The normalized spacial score (nSPS) is 20.1. The van der Waals surface area contributed by atoms with Crippen molar-refractivity contribution in [2.45, 2.75) is 20.3 Å². The molecule has 3 aromatic rings. The fraction of sp³-hybridized carbons (Fsp3) is 0.368. The first-order valence-electron chi connectivity index (χ1n) is 8.95. The second-order valence-electron chi connectivity index (χ2n) is 7.31. The van der Waals surface area contributed by atoms with Crippen LogP contribution in [-0.4, -0.2) is 44.2 Å². The van der Waals surface area contributed by atoms with Gasteiger partial charge in [-0.05, 0) is 36.5 Å². The molecule has 0 spiro atoms. The number of amides is 2. The van der Waals surface area contributed by atoms with E-state index in [0.29, 0.717) is 42.1 Å². The van der Waals surface area contributed by atoms with Gasteiger partial charge in [-0.1, -0.05) is 13.8 Å². The van der Waals surface area contributed by atoms with Gasteiger partial charge < -0.3 is 15.1 Å². The maximum absolute atomic E-state index is 13.3. The lowest BCUT2D eigenvalue weighted by Crippen LogP contribution is -2.43. The van der Waals surface area contributed by atoms with Crippen molar-refractivity contribution in [3.05, 3.63) is 42.2 Å². The van der Waals surface area contributed by atoms with Gasteiger partial charge in [-0.15, -0.1) is 0 Å². The number of imidazole rings is 1. The summed E-state index contributed by atoms with van der Waals surface area (Å²) in [5, 5.41) is 0. The molecule has 1 fully saturated rings. The first-order valence-corrected chi connectivity index (χ1v) is 8.95. The maximum atomic E-state index is 13.3. The van der Waals surface area contributed by atoms with E-state index in [9.17, 15) is 9.59 Å². The van der Waals surface area contributed by atoms with E-state index < -0.39 is 5.91 Å². The largest absolute Gasteiger partial charge is 0.463 e. The molecule has 4 heterocycles. The first-order chi connectivity index (χ1) is 12.9. The van der Waals surface area contributed by atoms with Crippen molar-refractivity contribution in [2.24, 2.45) is 17.6 Å². The van der Waals surface area contributed by atoms with E-state index in [1.807, 2.05) is 4.90 Å². The number of nitrogens with two attached hydrogens (primary N) is 1. The number of nitrogens with zero attached hydrogens (tertiary/aromatic N) is 4. The Morgan fingerprint density at radius 1 is 1.26 bits per heavy atom. The molecular weight excluding hydrogens is 346 g/mol. The first kappa shape index (κ1) is 17.3. The lowest BCUT2D eigenvalue weighted by Gasteiger charge is -2.35. The number of carbonyl (C=O) groups excluding carboxylic acids is 2. The summed E-state index contributed by atoms with van der Waals surface area (Å²) < 4.78 is 6.95. The van der Waals surface area contributed by atoms with Crippen molar-refractivity contribution in [1.29, 1.82) is 0 Å². The topological polar surface area (TPSA) is 107 Å². The molecule has 0 unspecified atom stereocenters. The summed E-state index contributed by atoms with van der Waals surface area (Å²) in [7, 11) is 0. The second kappa shape index (κ2) is 6.53. The minimum Gasteiger partial charge on any atom is -0.463 e. The van der Waals surface area contributed by atoms with Gasteiger partial charge in [0.05, 0.1) is 6.26 Å². The SMILES string of the molecule is C[C@@H]1C[C@H](C)CN(C(=O)c2cc(-c3ccco3)nc3c(C(N)=O)ncn23)C1. The van der Waals surface area contributed by atoms with E-state index in [-0.39, 0.29) is 17.2 Å². The van der Waals surface area contributed by atoms with E-state index in [2.05, 4.69) is 23.8 Å². The monoisotopic (exact) mass is 367 g/mol. The zero-order valence-corrected chi connectivity index (χ0v) is 15.3. The van der Waals surface area contributed by atoms with Crippen LogP contribution in [0.3, 0.4) is 0 Å². The highest BCUT2D eigenvalue weighted by Crippen LogP contribution is 2.26. The molecule has 1 aliphatic rings. The highest BCUT2D eigenvalue weighted by atomic mass is 16.3. The van der Waals surface area contributed by atoms with Gasteiger partial charge in [0.1, 0.15) is 17.7 Å². The Balaban J connectivity index is 1.86. The van der Waals surface area contributed by atoms with Crippen molar-refractivity contribution in [3.8, 4) is 11.5 Å². The van der Waals surface area contributed by atoms with Crippen LogP contribution in [0.25, 0.3) is 17.1 Å². The number of fused-ring (bicyclic) bond motifs is 1. The third-order valence-electron chi connectivity index (χ3n) is 4.88. The minimum absolute atomic E-state index is 0.0258. The molecule has 1 aliphatic heterocycles. The summed E-state index contributed by atoms with van der Waals surface area (Å²) in [6.45, 7) is 5.68. The molecule has 27 heavy (non-hydrogen) atoms. The molecule has 1 saturated heterocycles. The molecule has 0 saturated carbocycles. The van der Waals surface area contributed by atoms with Crippen LogP contribution in [0.2, 0.25) is 0 Å².